The van der Waals surface area contributed by atoms with E-state index in [1.807, 2.05) is 24.0 Å². The van der Waals surface area contributed by atoms with Crippen LogP contribution in [-0.4, -0.2) is 22.2 Å². The molecule has 2 aromatic heterocycles. The van der Waals surface area contributed by atoms with Crippen molar-refractivity contribution in [2.24, 2.45) is 7.05 Å². The number of thiophene rings is 1. The van der Waals surface area contributed by atoms with Gasteiger partial charge in [-0.05, 0) is 33.8 Å². The minimum absolute atomic E-state index is 0.0544. The van der Waals surface area contributed by atoms with Crippen LogP contribution in [0.4, 0.5) is 0 Å². The van der Waals surface area contributed by atoms with Gasteiger partial charge in [0, 0.05) is 48.0 Å². The van der Waals surface area contributed by atoms with Crippen LogP contribution in [0.2, 0.25) is 0 Å². The van der Waals surface area contributed by atoms with E-state index in [4.69, 9.17) is 4.74 Å². The second kappa shape index (κ2) is 5.75. The number of ether oxygens (including phenoxy) is 1. The molecule has 0 spiro atoms. The van der Waals surface area contributed by atoms with Crippen LogP contribution in [0.15, 0.2) is 28.3 Å². The van der Waals surface area contributed by atoms with E-state index in [-0.39, 0.29) is 6.10 Å². The monoisotopic (exact) mass is 341 g/mol. The molecule has 1 N–H and O–H groups in total. The van der Waals surface area contributed by atoms with E-state index in [0.29, 0.717) is 6.04 Å². The van der Waals surface area contributed by atoms with Crippen molar-refractivity contribution in [1.82, 2.24) is 14.9 Å². The second-order valence-electron chi connectivity index (χ2n) is 4.66. The van der Waals surface area contributed by atoms with E-state index in [1.165, 1.54) is 9.35 Å². The number of halogens is 1. The second-order valence-corrected chi connectivity index (χ2v) is 6.51. The molecule has 0 amide bonds. The molecular formula is C13H16BrN3OS. The first-order valence-electron chi connectivity index (χ1n) is 6.30. The Balaban J connectivity index is 1.67. The van der Waals surface area contributed by atoms with E-state index >= 15 is 0 Å². The Labute approximate surface area is 124 Å². The number of aryl methyl sites for hydroxylation is 1. The third-order valence-corrected chi connectivity index (χ3v) is 5.35. The number of aromatic nitrogens is 2. The number of nitrogens with one attached hydrogen (secondary N) is 1. The predicted octanol–water partition coefficient (Wildman–Crippen LogP) is 2.86. The molecule has 2 aromatic rings. The zero-order valence-corrected chi connectivity index (χ0v) is 13.1. The Morgan fingerprint density at radius 2 is 2.53 bits per heavy atom. The van der Waals surface area contributed by atoms with Crippen molar-refractivity contribution in [3.63, 3.8) is 0 Å². The highest BCUT2D eigenvalue weighted by Crippen LogP contribution is 2.29. The molecule has 0 aliphatic carbocycles. The van der Waals surface area contributed by atoms with Gasteiger partial charge in [0.25, 0.3) is 0 Å². The Morgan fingerprint density at radius 1 is 1.63 bits per heavy atom. The molecule has 19 heavy (non-hydrogen) atoms. The van der Waals surface area contributed by atoms with Crippen LogP contribution in [0.25, 0.3) is 0 Å². The van der Waals surface area contributed by atoms with E-state index in [2.05, 4.69) is 37.7 Å². The zero-order valence-electron chi connectivity index (χ0n) is 10.7. The van der Waals surface area contributed by atoms with Gasteiger partial charge in [0.1, 0.15) is 11.9 Å². The van der Waals surface area contributed by atoms with Crippen LogP contribution in [0, 0.1) is 0 Å². The SMILES string of the molecule is Cn1ccnc1[C@H]1OCC[C@@H]1NCc1sccc1Br. The van der Waals surface area contributed by atoms with Crippen molar-refractivity contribution >= 4 is 27.3 Å². The topological polar surface area (TPSA) is 39.1 Å². The molecule has 1 aliphatic heterocycles. The van der Waals surface area contributed by atoms with Gasteiger partial charge in [-0.25, -0.2) is 4.98 Å². The molecule has 3 heterocycles. The summed E-state index contributed by atoms with van der Waals surface area (Å²) in [4.78, 5) is 5.73. The lowest BCUT2D eigenvalue weighted by atomic mass is 10.1. The summed E-state index contributed by atoms with van der Waals surface area (Å²) in [6.45, 7) is 1.66. The van der Waals surface area contributed by atoms with Gasteiger partial charge >= 0.3 is 0 Å². The molecule has 1 fully saturated rings. The van der Waals surface area contributed by atoms with Crippen molar-refractivity contribution in [3.05, 3.63) is 39.0 Å². The number of nitrogens with zero attached hydrogens (tertiary/aromatic N) is 2. The summed E-state index contributed by atoms with van der Waals surface area (Å²) in [6.07, 6.45) is 4.87. The van der Waals surface area contributed by atoms with Crippen LogP contribution in [0.1, 0.15) is 23.2 Å². The number of rotatable bonds is 4. The molecule has 0 aromatic carbocycles. The summed E-state index contributed by atoms with van der Waals surface area (Å²) >= 11 is 5.33. The zero-order chi connectivity index (χ0) is 13.2. The van der Waals surface area contributed by atoms with Gasteiger partial charge in [0.2, 0.25) is 0 Å². The summed E-state index contributed by atoms with van der Waals surface area (Å²) in [7, 11) is 2.01. The number of hydrogen-bond acceptors (Lipinski definition) is 4. The molecule has 4 nitrogen and oxygen atoms in total. The van der Waals surface area contributed by atoms with Gasteiger partial charge in [-0.2, -0.15) is 0 Å². The normalized spacial score (nSPS) is 23.1. The number of imidazole rings is 1. The highest BCUT2D eigenvalue weighted by molar-refractivity contribution is 9.10. The molecular weight excluding hydrogens is 326 g/mol. The van der Waals surface area contributed by atoms with Crippen LogP contribution in [0.3, 0.4) is 0 Å². The molecule has 2 atom stereocenters. The van der Waals surface area contributed by atoms with Gasteiger partial charge in [0.15, 0.2) is 0 Å². The van der Waals surface area contributed by atoms with Crippen LogP contribution >= 0.6 is 27.3 Å². The lowest BCUT2D eigenvalue weighted by Crippen LogP contribution is -2.32. The van der Waals surface area contributed by atoms with Crippen LogP contribution in [-0.2, 0) is 18.3 Å². The van der Waals surface area contributed by atoms with Crippen molar-refractivity contribution < 1.29 is 4.74 Å². The Kier molecular flexibility index (Phi) is 4.02. The molecule has 0 radical (unpaired) electrons. The Morgan fingerprint density at radius 3 is 3.21 bits per heavy atom. The largest absolute Gasteiger partial charge is 0.369 e. The van der Waals surface area contributed by atoms with Crippen molar-refractivity contribution in [2.75, 3.05) is 6.61 Å². The molecule has 0 unspecified atom stereocenters. The fourth-order valence-electron chi connectivity index (χ4n) is 2.38. The molecule has 6 heteroatoms. The molecule has 3 rings (SSSR count). The first kappa shape index (κ1) is 13.3. The standard InChI is InChI=1S/C13H16BrN3OS/c1-17-5-4-15-13(17)12-10(2-6-18-12)16-8-11-9(14)3-7-19-11/h3-5,7,10,12,16H,2,6,8H2,1H3/t10-,12-/m0/s1. The molecule has 0 saturated carbocycles. The van der Waals surface area contributed by atoms with Gasteiger partial charge in [0.05, 0.1) is 0 Å². The lowest BCUT2D eigenvalue weighted by molar-refractivity contribution is 0.0893. The smallest absolute Gasteiger partial charge is 0.139 e. The molecule has 1 saturated heterocycles. The quantitative estimate of drug-likeness (QED) is 0.929. The third-order valence-electron chi connectivity index (χ3n) is 3.42. The van der Waals surface area contributed by atoms with Crippen LogP contribution < -0.4 is 5.32 Å². The summed E-state index contributed by atoms with van der Waals surface area (Å²) in [5.74, 6) is 1.00. The summed E-state index contributed by atoms with van der Waals surface area (Å²) < 4.78 is 9.05. The average molecular weight is 342 g/mol. The fourth-order valence-corrected chi connectivity index (χ4v) is 3.82. The maximum Gasteiger partial charge on any atom is 0.139 e. The average Bonchev–Trinajstić information content (AvgIpc) is 3.08. The highest BCUT2D eigenvalue weighted by Gasteiger charge is 2.32. The minimum Gasteiger partial charge on any atom is -0.369 e. The van der Waals surface area contributed by atoms with Crippen molar-refractivity contribution in [1.29, 1.82) is 0 Å². The van der Waals surface area contributed by atoms with Crippen LogP contribution in [0.5, 0.6) is 0 Å². The van der Waals surface area contributed by atoms with Gasteiger partial charge in [-0.3, -0.25) is 0 Å². The van der Waals surface area contributed by atoms with E-state index in [0.717, 1.165) is 25.4 Å². The number of hydrogen-bond donors (Lipinski definition) is 1. The maximum absolute atomic E-state index is 5.84. The summed E-state index contributed by atoms with van der Waals surface area (Å²) in [5.41, 5.74) is 0. The third kappa shape index (κ3) is 2.76. The maximum atomic E-state index is 5.84. The molecule has 1 aliphatic rings. The molecule has 0 bridgehead atoms. The Hall–Kier alpha value is -0.690. The first-order chi connectivity index (χ1) is 9.25. The van der Waals surface area contributed by atoms with Crippen molar-refractivity contribution in [3.8, 4) is 0 Å². The van der Waals surface area contributed by atoms with E-state index in [9.17, 15) is 0 Å². The molecule has 102 valence electrons. The fraction of sp³-hybridized carbons (Fsp3) is 0.462. The Bertz CT molecular complexity index is 554. The van der Waals surface area contributed by atoms with E-state index < -0.39 is 0 Å². The summed E-state index contributed by atoms with van der Waals surface area (Å²) in [6, 6.07) is 2.42. The van der Waals surface area contributed by atoms with Gasteiger partial charge < -0.3 is 14.6 Å². The first-order valence-corrected chi connectivity index (χ1v) is 7.97. The van der Waals surface area contributed by atoms with Gasteiger partial charge in [-0.15, -0.1) is 11.3 Å². The highest BCUT2D eigenvalue weighted by atomic mass is 79.9. The lowest BCUT2D eigenvalue weighted by Gasteiger charge is -2.19. The van der Waals surface area contributed by atoms with Crippen molar-refractivity contribution in [2.45, 2.75) is 25.1 Å². The van der Waals surface area contributed by atoms with E-state index in [1.54, 1.807) is 11.3 Å². The minimum atomic E-state index is 0.0544. The van der Waals surface area contributed by atoms with Gasteiger partial charge in [-0.1, -0.05) is 0 Å². The predicted molar refractivity (Wildman–Crippen MR) is 79.2 cm³/mol. The summed E-state index contributed by atoms with van der Waals surface area (Å²) in [5, 5.41) is 5.69.